The summed E-state index contributed by atoms with van der Waals surface area (Å²) in [5.41, 5.74) is 1.77. The van der Waals surface area contributed by atoms with Gasteiger partial charge in [-0.2, -0.15) is 5.26 Å². The Kier molecular flexibility index (Phi) is 3.84. The molecule has 5 nitrogen and oxygen atoms in total. The molecule has 0 unspecified atom stereocenters. The summed E-state index contributed by atoms with van der Waals surface area (Å²) in [5, 5.41) is 8.66. The molecule has 0 bridgehead atoms. The number of aromatic nitrogens is 2. The van der Waals surface area contributed by atoms with E-state index in [1.165, 1.54) is 12.3 Å². The molecule has 0 aromatic carbocycles. The van der Waals surface area contributed by atoms with E-state index in [0.717, 1.165) is 5.56 Å². The Morgan fingerprint density at radius 2 is 2.05 bits per heavy atom. The SMILES string of the molecule is CN(Cc1ccncc1)C(=O)c1ccc(C#N)nc1. The molecular formula is C14H12N4O. The fourth-order valence-corrected chi connectivity index (χ4v) is 1.64. The number of carbonyl (C=O) groups is 1. The first kappa shape index (κ1) is 12.7. The van der Waals surface area contributed by atoms with Crippen molar-refractivity contribution in [3.05, 3.63) is 59.7 Å². The van der Waals surface area contributed by atoms with Crippen molar-refractivity contribution in [1.29, 1.82) is 5.26 Å². The van der Waals surface area contributed by atoms with Crippen LogP contribution in [0, 0.1) is 11.3 Å². The second kappa shape index (κ2) is 5.74. The van der Waals surface area contributed by atoms with E-state index in [0.29, 0.717) is 17.8 Å². The van der Waals surface area contributed by atoms with Crippen LogP contribution in [0.3, 0.4) is 0 Å². The number of amides is 1. The summed E-state index contributed by atoms with van der Waals surface area (Å²) < 4.78 is 0. The summed E-state index contributed by atoms with van der Waals surface area (Å²) in [4.78, 5) is 21.6. The number of pyridine rings is 2. The molecular weight excluding hydrogens is 240 g/mol. The molecule has 0 saturated carbocycles. The maximum absolute atomic E-state index is 12.1. The van der Waals surface area contributed by atoms with Crippen molar-refractivity contribution in [2.45, 2.75) is 6.54 Å². The predicted octanol–water partition coefficient (Wildman–Crippen LogP) is 1.62. The lowest BCUT2D eigenvalue weighted by atomic mass is 10.2. The second-order valence-corrected chi connectivity index (χ2v) is 4.06. The normalized spacial score (nSPS) is 9.68. The summed E-state index contributed by atoms with van der Waals surface area (Å²) in [6, 6.07) is 8.79. The predicted molar refractivity (Wildman–Crippen MR) is 69.0 cm³/mol. The van der Waals surface area contributed by atoms with Crippen LogP contribution >= 0.6 is 0 Å². The van der Waals surface area contributed by atoms with E-state index in [2.05, 4.69) is 9.97 Å². The molecule has 0 radical (unpaired) electrons. The average Bonchev–Trinajstić information content (AvgIpc) is 2.47. The fourth-order valence-electron chi connectivity index (χ4n) is 1.64. The maximum Gasteiger partial charge on any atom is 0.255 e. The highest BCUT2D eigenvalue weighted by molar-refractivity contribution is 5.93. The van der Waals surface area contributed by atoms with Gasteiger partial charge in [0.15, 0.2) is 0 Å². The minimum Gasteiger partial charge on any atom is -0.337 e. The van der Waals surface area contributed by atoms with Gasteiger partial charge in [-0.05, 0) is 29.8 Å². The second-order valence-electron chi connectivity index (χ2n) is 4.06. The monoisotopic (exact) mass is 252 g/mol. The van der Waals surface area contributed by atoms with Gasteiger partial charge in [-0.15, -0.1) is 0 Å². The zero-order chi connectivity index (χ0) is 13.7. The Balaban J connectivity index is 2.08. The van der Waals surface area contributed by atoms with Crippen LogP contribution in [0.25, 0.3) is 0 Å². The first-order valence-electron chi connectivity index (χ1n) is 5.71. The van der Waals surface area contributed by atoms with Crippen LogP contribution in [0.4, 0.5) is 0 Å². The lowest BCUT2D eigenvalue weighted by molar-refractivity contribution is 0.0784. The minimum absolute atomic E-state index is 0.131. The molecule has 0 saturated heterocycles. The van der Waals surface area contributed by atoms with E-state index in [4.69, 9.17) is 5.26 Å². The summed E-state index contributed by atoms with van der Waals surface area (Å²) in [5.74, 6) is -0.131. The van der Waals surface area contributed by atoms with Gasteiger partial charge < -0.3 is 4.90 Å². The highest BCUT2D eigenvalue weighted by atomic mass is 16.2. The van der Waals surface area contributed by atoms with Crippen molar-refractivity contribution < 1.29 is 4.79 Å². The Hall–Kier alpha value is -2.74. The quantitative estimate of drug-likeness (QED) is 0.832. The topological polar surface area (TPSA) is 69.9 Å². The highest BCUT2D eigenvalue weighted by Gasteiger charge is 2.12. The van der Waals surface area contributed by atoms with E-state index in [-0.39, 0.29) is 5.91 Å². The molecule has 0 N–H and O–H groups in total. The molecule has 0 aliphatic heterocycles. The molecule has 2 rings (SSSR count). The molecule has 2 aromatic rings. The minimum atomic E-state index is -0.131. The van der Waals surface area contributed by atoms with Gasteiger partial charge in [0, 0.05) is 32.2 Å². The van der Waals surface area contributed by atoms with E-state index >= 15 is 0 Å². The summed E-state index contributed by atoms with van der Waals surface area (Å²) >= 11 is 0. The Labute approximate surface area is 111 Å². The van der Waals surface area contributed by atoms with Crippen molar-refractivity contribution in [2.75, 3.05) is 7.05 Å². The van der Waals surface area contributed by atoms with E-state index in [1.807, 2.05) is 18.2 Å². The summed E-state index contributed by atoms with van der Waals surface area (Å²) in [7, 11) is 1.72. The number of carbonyl (C=O) groups excluding carboxylic acids is 1. The Morgan fingerprint density at radius 1 is 1.32 bits per heavy atom. The molecule has 0 atom stereocenters. The molecule has 2 heterocycles. The van der Waals surface area contributed by atoms with Crippen molar-refractivity contribution in [3.8, 4) is 6.07 Å². The molecule has 94 valence electrons. The molecule has 0 spiro atoms. The Bertz CT molecular complexity index is 602. The number of nitriles is 1. The number of hydrogen-bond donors (Lipinski definition) is 0. The van der Waals surface area contributed by atoms with Gasteiger partial charge in [0.1, 0.15) is 11.8 Å². The lowest BCUT2D eigenvalue weighted by Gasteiger charge is -2.16. The molecule has 0 fully saturated rings. The third-order valence-corrected chi connectivity index (χ3v) is 2.64. The average molecular weight is 252 g/mol. The number of rotatable bonds is 3. The van der Waals surface area contributed by atoms with Crippen LogP contribution in [-0.4, -0.2) is 27.8 Å². The van der Waals surface area contributed by atoms with E-state index in [9.17, 15) is 4.79 Å². The van der Waals surface area contributed by atoms with E-state index < -0.39 is 0 Å². The van der Waals surface area contributed by atoms with Crippen molar-refractivity contribution in [2.24, 2.45) is 0 Å². The van der Waals surface area contributed by atoms with Gasteiger partial charge in [-0.1, -0.05) is 0 Å². The molecule has 5 heteroatoms. The van der Waals surface area contributed by atoms with Gasteiger partial charge in [0.05, 0.1) is 5.56 Å². The van der Waals surface area contributed by atoms with Crippen molar-refractivity contribution in [3.63, 3.8) is 0 Å². The maximum atomic E-state index is 12.1. The van der Waals surface area contributed by atoms with Crippen molar-refractivity contribution >= 4 is 5.91 Å². The lowest BCUT2D eigenvalue weighted by Crippen LogP contribution is -2.26. The number of hydrogen-bond acceptors (Lipinski definition) is 4. The molecule has 0 aliphatic rings. The van der Waals surface area contributed by atoms with Crippen LogP contribution in [0.15, 0.2) is 42.9 Å². The first-order valence-corrected chi connectivity index (χ1v) is 5.71. The van der Waals surface area contributed by atoms with Gasteiger partial charge in [0.2, 0.25) is 0 Å². The van der Waals surface area contributed by atoms with Crippen LogP contribution in [0.2, 0.25) is 0 Å². The highest BCUT2D eigenvalue weighted by Crippen LogP contribution is 2.07. The van der Waals surface area contributed by atoms with Crippen LogP contribution < -0.4 is 0 Å². The Morgan fingerprint density at radius 3 is 2.63 bits per heavy atom. The van der Waals surface area contributed by atoms with Gasteiger partial charge in [-0.3, -0.25) is 9.78 Å². The van der Waals surface area contributed by atoms with Gasteiger partial charge >= 0.3 is 0 Å². The number of nitrogens with zero attached hydrogens (tertiary/aromatic N) is 4. The molecule has 19 heavy (non-hydrogen) atoms. The zero-order valence-corrected chi connectivity index (χ0v) is 10.4. The van der Waals surface area contributed by atoms with E-state index in [1.54, 1.807) is 30.4 Å². The third kappa shape index (κ3) is 3.13. The van der Waals surface area contributed by atoms with Gasteiger partial charge in [-0.25, -0.2) is 4.98 Å². The van der Waals surface area contributed by atoms with Crippen molar-refractivity contribution in [1.82, 2.24) is 14.9 Å². The molecule has 0 aliphatic carbocycles. The summed E-state index contributed by atoms with van der Waals surface area (Å²) in [6.45, 7) is 0.501. The molecule has 1 amide bonds. The van der Waals surface area contributed by atoms with Crippen LogP contribution in [-0.2, 0) is 6.54 Å². The molecule has 2 aromatic heterocycles. The van der Waals surface area contributed by atoms with Crippen LogP contribution in [0.5, 0.6) is 0 Å². The summed E-state index contributed by atoms with van der Waals surface area (Å²) in [6.07, 6.45) is 4.80. The zero-order valence-electron chi connectivity index (χ0n) is 10.4. The first-order chi connectivity index (χ1) is 9.20. The third-order valence-electron chi connectivity index (χ3n) is 2.64. The van der Waals surface area contributed by atoms with Gasteiger partial charge in [0.25, 0.3) is 5.91 Å². The standard InChI is InChI=1S/C14H12N4O/c1-18(10-11-4-6-16-7-5-11)14(19)12-2-3-13(8-15)17-9-12/h2-7,9H,10H2,1H3. The smallest absolute Gasteiger partial charge is 0.255 e. The largest absolute Gasteiger partial charge is 0.337 e. The fraction of sp³-hybridized carbons (Fsp3) is 0.143. The van der Waals surface area contributed by atoms with Crippen LogP contribution in [0.1, 0.15) is 21.6 Å².